The molecule has 10 heteroatoms. The van der Waals surface area contributed by atoms with Gasteiger partial charge in [-0.3, -0.25) is 15.5 Å². The Hall–Kier alpha value is -2.49. The molecule has 0 bridgehead atoms. The number of benzene rings is 1. The monoisotopic (exact) mass is 377 g/mol. The number of hydrazine groups is 1. The average Bonchev–Trinajstić information content (AvgIpc) is 2.63. The Kier molecular flexibility index (Phi) is 5.82. The molecule has 0 spiro atoms. The van der Waals surface area contributed by atoms with Crippen molar-refractivity contribution in [2.45, 2.75) is 6.54 Å². The van der Waals surface area contributed by atoms with Gasteiger partial charge in [-0.05, 0) is 18.7 Å². The molecule has 0 aliphatic carbocycles. The minimum atomic E-state index is -0.479. The first-order valence-corrected chi connectivity index (χ1v) is 8.59. The topological polar surface area (TPSA) is 99.5 Å². The lowest BCUT2D eigenvalue weighted by Crippen LogP contribution is -2.47. The molecule has 1 aliphatic heterocycles. The van der Waals surface area contributed by atoms with Crippen LogP contribution < -0.4 is 10.7 Å². The van der Waals surface area contributed by atoms with E-state index in [-0.39, 0.29) is 17.3 Å². The van der Waals surface area contributed by atoms with Crippen LogP contribution in [0.5, 0.6) is 0 Å². The number of nitro groups is 1. The normalized spacial score (nSPS) is 15.6. The Bertz CT molecular complexity index is 781. The van der Waals surface area contributed by atoms with Crippen LogP contribution in [0.15, 0.2) is 30.6 Å². The molecule has 26 heavy (non-hydrogen) atoms. The largest absolute Gasteiger partial charge is 0.360 e. The maximum Gasteiger partial charge on any atom is 0.354 e. The van der Waals surface area contributed by atoms with Gasteiger partial charge in [0.15, 0.2) is 0 Å². The average molecular weight is 378 g/mol. The van der Waals surface area contributed by atoms with Crippen molar-refractivity contribution in [2.75, 3.05) is 44.0 Å². The maximum absolute atomic E-state index is 11.6. The van der Waals surface area contributed by atoms with Crippen molar-refractivity contribution in [3.05, 3.63) is 51.3 Å². The number of likely N-dealkylation sites (N-methyl/N-ethyl adjacent to an activating group) is 1. The lowest BCUT2D eigenvalue weighted by molar-refractivity contribution is -0.383. The third-order valence-corrected chi connectivity index (χ3v) is 4.54. The summed E-state index contributed by atoms with van der Waals surface area (Å²) in [5, 5.41) is 17.1. The molecule has 1 fully saturated rings. The Morgan fingerprint density at radius 2 is 1.88 bits per heavy atom. The summed E-state index contributed by atoms with van der Waals surface area (Å²) >= 11 is 6.14. The molecule has 138 valence electrons. The predicted octanol–water partition coefficient (Wildman–Crippen LogP) is 2.22. The quantitative estimate of drug-likeness (QED) is 0.584. The molecule has 0 atom stereocenters. The van der Waals surface area contributed by atoms with E-state index >= 15 is 0 Å². The van der Waals surface area contributed by atoms with Gasteiger partial charge in [0, 0.05) is 37.7 Å². The molecule has 1 aliphatic rings. The van der Waals surface area contributed by atoms with Gasteiger partial charge in [0.2, 0.25) is 11.6 Å². The number of piperazine rings is 1. The second-order valence-corrected chi connectivity index (χ2v) is 6.43. The van der Waals surface area contributed by atoms with E-state index in [1.165, 1.54) is 6.33 Å². The zero-order valence-electron chi connectivity index (χ0n) is 14.4. The number of rotatable bonds is 6. The van der Waals surface area contributed by atoms with Gasteiger partial charge in [-0.15, -0.1) is 0 Å². The van der Waals surface area contributed by atoms with Gasteiger partial charge in [-0.25, -0.2) is 15.0 Å². The molecule has 9 nitrogen and oxygen atoms in total. The summed E-state index contributed by atoms with van der Waals surface area (Å²) in [7, 11) is 2.04. The van der Waals surface area contributed by atoms with E-state index in [2.05, 4.69) is 25.6 Å². The highest BCUT2D eigenvalue weighted by molar-refractivity contribution is 6.31. The minimum absolute atomic E-state index is 0.154. The molecule has 0 unspecified atom stereocenters. The lowest BCUT2D eigenvalue weighted by atomic mass is 10.2. The van der Waals surface area contributed by atoms with E-state index in [0.29, 0.717) is 11.6 Å². The fourth-order valence-corrected chi connectivity index (χ4v) is 2.85. The van der Waals surface area contributed by atoms with Gasteiger partial charge < -0.3 is 10.2 Å². The molecule has 0 amide bonds. The maximum atomic E-state index is 11.6. The molecule has 0 saturated carbocycles. The molecule has 1 aromatic heterocycles. The Morgan fingerprint density at radius 1 is 1.19 bits per heavy atom. The molecule has 0 radical (unpaired) electrons. The van der Waals surface area contributed by atoms with Gasteiger partial charge in [0.25, 0.3) is 0 Å². The van der Waals surface area contributed by atoms with Crippen LogP contribution in [0.2, 0.25) is 5.02 Å². The van der Waals surface area contributed by atoms with Crippen molar-refractivity contribution in [3.63, 3.8) is 0 Å². The number of hydrogen-bond acceptors (Lipinski definition) is 8. The van der Waals surface area contributed by atoms with E-state index < -0.39 is 4.92 Å². The highest BCUT2D eigenvalue weighted by atomic mass is 35.5. The molecular weight excluding hydrogens is 358 g/mol. The summed E-state index contributed by atoms with van der Waals surface area (Å²) < 4.78 is 0. The lowest BCUT2D eigenvalue weighted by Gasteiger charge is -2.32. The van der Waals surface area contributed by atoms with Gasteiger partial charge in [-0.1, -0.05) is 29.8 Å². The summed E-state index contributed by atoms with van der Waals surface area (Å²) in [6.45, 7) is 3.58. The highest BCUT2D eigenvalue weighted by Gasteiger charge is 2.25. The summed E-state index contributed by atoms with van der Waals surface area (Å²) in [6.07, 6.45) is 1.31. The van der Waals surface area contributed by atoms with E-state index in [0.717, 1.165) is 31.7 Å². The van der Waals surface area contributed by atoms with Crippen molar-refractivity contribution >= 4 is 28.9 Å². The first-order valence-electron chi connectivity index (χ1n) is 8.21. The van der Waals surface area contributed by atoms with Crippen LogP contribution >= 0.6 is 11.6 Å². The molecule has 2 aromatic rings. The minimum Gasteiger partial charge on any atom is -0.360 e. The molecule has 3 rings (SSSR count). The summed E-state index contributed by atoms with van der Waals surface area (Å²) in [6, 6.07) is 7.31. The van der Waals surface area contributed by atoms with Crippen molar-refractivity contribution in [2.24, 2.45) is 0 Å². The Balaban J connectivity index is 1.77. The fraction of sp³-hybridized carbons (Fsp3) is 0.375. The third-order valence-electron chi connectivity index (χ3n) is 4.18. The van der Waals surface area contributed by atoms with Crippen molar-refractivity contribution in [3.8, 4) is 0 Å². The summed E-state index contributed by atoms with van der Waals surface area (Å²) in [5.74, 6) is 0.331. The number of nitrogens with zero attached hydrogens (tertiary/aromatic N) is 5. The van der Waals surface area contributed by atoms with Crippen LogP contribution in [-0.2, 0) is 6.54 Å². The van der Waals surface area contributed by atoms with Crippen LogP contribution in [-0.4, -0.2) is 58.0 Å². The molecule has 1 aromatic carbocycles. The van der Waals surface area contributed by atoms with Gasteiger partial charge >= 0.3 is 5.69 Å². The first kappa shape index (κ1) is 18.3. The van der Waals surface area contributed by atoms with Crippen LogP contribution in [0.1, 0.15) is 5.56 Å². The van der Waals surface area contributed by atoms with Gasteiger partial charge in [0.05, 0.1) is 4.92 Å². The van der Waals surface area contributed by atoms with Crippen LogP contribution in [0.4, 0.5) is 17.3 Å². The summed E-state index contributed by atoms with van der Waals surface area (Å²) in [5.41, 5.74) is 3.70. The molecular formula is C16H20ClN7O2. The molecule has 1 saturated heterocycles. The number of halogens is 1. The Morgan fingerprint density at radius 3 is 2.58 bits per heavy atom. The molecule has 2 heterocycles. The first-order chi connectivity index (χ1) is 12.5. The molecule has 2 N–H and O–H groups in total. The Labute approximate surface area is 156 Å². The fourth-order valence-electron chi connectivity index (χ4n) is 2.65. The van der Waals surface area contributed by atoms with E-state index in [4.69, 9.17) is 11.6 Å². The van der Waals surface area contributed by atoms with Crippen LogP contribution in [0.3, 0.4) is 0 Å². The highest BCUT2D eigenvalue weighted by Crippen LogP contribution is 2.30. The van der Waals surface area contributed by atoms with Crippen molar-refractivity contribution in [1.29, 1.82) is 0 Å². The number of hydrogen-bond donors (Lipinski definition) is 2. The van der Waals surface area contributed by atoms with Crippen molar-refractivity contribution < 1.29 is 4.92 Å². The second-order valence-electron chi connectivity index (χ2n) is 6.02. The zero-order valence-corrected chi connectivity index (χ0v) is 15.1. The summed E-state index contributed by atoms with van der Waals surface area (Å²) in [4.78, 5) is 21.4. The van der Waals surface area contributed by atoms with Crippen LogP contribution in [0.25, 0.3) is 0 Å². The SMILES string of the molecule is CN1CCN(Nc2ncnc(NCc3ccccc3Cl)c2[N+](=O)[O-])CC1. The second kappa shape index (κ2) is 8.26. The zero-order chi connectivity index (χ0) is 18.5. The predicted molar refractivity (Wildman–Crippen MR) is 100 cm³/mol. The smallest absolute Gasteiger partial charge is 0.354 e. The number of aromatic nitrogens is 2. The van der Waals surface area contributed by atoms with E-state index in [1.54, 1.807) is 6.07 Å². The number of nitrogens with one attached hydrogen (secondary N) is 2. The van der Waals surface area contributed by atoms with E-state index in [9.17, 15) is 10.1 Å². The standard InChI is InChI=1S/C16H20ClN7O2/c1-22-6-8-23(9-7-22)21-16-14(24(25)26)15(19-11-20-16)18-10-12-4-2-3-5-13(12)17/h2-5,11H,6-10H2,1H3,(H2,18,19,20,21). The van der Waals surface area contributed by atoms with Gasteiger partial charge in [-0.2, -0.15) is 0 Å². The third kappa shape index (κ3) is 4.37. The van der Waals surface area contributed by atoms with Crippen molar-refractivity contribution in [1.82, 2.24) is 19.9 Å². The van der Waals surface area contributed by atoms with Crippen LogP contribution in [0, 0.1) is 10.1 Å². The van der Waals surface area contributed by atoms with Gasteiger partial charge in [0.1, 0.15) is 6.33 Å². The number of anilines is 2. The van der Waals surface area contributed by atoms with E-state index in [1.807, 2.05) is 30.3 Å².